The van der Waals surface area contributed by atoms with Crippen molar-refractivity contribution in [2.45, 2.75) is 32.7 Å². The monoisotopic (exact) mass is 462 g/mol. The second kappa shape index (κ2) is 7.70. The van der Waals surface area contributed by atoms with Crippen LogP contribution in [0.5, 0.6) is 5.75 Å². The van der Waals surface area contributed by atoms with Crippen LogP contribution in [-0.4, -0.2) is 37.7 Å². The fourth-order valence-corrected chi connectivity index (χ4v) is 5.53. The van der Waals surface area contributed by atoms with Gasteiger partial charge in [0.2, 0.25) is 5.95 Å². The van der Waals surface area contributed by atoms with Crippen molar-refractivity contribution >= 4 is 16.7 Å². The predicted molar refractivity (Wildman–Crippen MR) is 135 cm³/mol. The number of anilines is 1. The van der Waals surface area contributed by atoms with Crippen LogP contribution in [-0.2, 0) is 12.8 Å². The van der Waals surface area contributed by atoms with Crippen LogP contribution in [0.3, 0.4) is 0 Å². The minimum atomic E-state index is 0.0189. The average molecular weight is 463 g/mol. The molecule has 1 unspecified atom stereocenters. The molecule has 0 aliphatic carbocycles. The van der Waals surface area contributed by atoms with Crippen molar-refractivity contribution in [2.24, 2.45) is 0 Å². The Kier molecular flexibility index (Phi) is 4.46. The van der Waals surface area contributed by atoms with Crippen LogP contribution in [0.1, 0.15) is 39.8 Å². The van der Waals surface area contributed by atoms with Crippen molar-refractivity contribution < 1.29 is 4.74 Å². The van der Waals surface area contributed by atoms with E-state index in [2.05, 4.69) is 62.3 Å². The smallest absolute Gasteiger partial charge is 0.237 e. The van der Waals surface area contributed by atoms with Gasteiger partial charge in [-0.25, -0.2) is 9.97 Å². The summed E-state index contributed by atoms with van der Waals surface area (Å²) in [5.74, 6) is 2.55. The number of fused-ring (bicyclic) bond motifs is 4. The van der Waals surface area contributed by atoms with E-state index in [1.807, 2.05) is 30.7 Å². The van der Waals surface area contributed by atoms with Crippen LogP contribution in [0.25, 0.3) is 16.9 Å². The van der Waals surface area contributed by atoms with E-state index in [0.717, 1.165) is 48.9 Å². The van der Waals surface area contributed by atoms with E-state index >= 15 is 0 Å². The molecule has 0 bridgehead atoms. The first kappa shape index (κ1) is 20.3. The van der Waals surface area contributed by atoms with Gasteiger partial charge < -0.3 is 14.6 Å². The molecule has 1 atom stereocenters. The van der Waals surface area contributed by atoms with Crippen molar-refractivity contribution in [3.05, 3.63) is 94.8 Å². The number of aryl methyl sites for hydroxylation is 1. The van der Waals surface area contributed by atoms with Crippen molar-refractivity contribution in [1.82, 2.24) is 24.5 Å². The number of nitrogens with zero attached hydrogens (tertiary/aromatic N) is 5. The largest absolute Gasteiger partial charge is 0.493 e. The first-order valence-electron chi connectivity index (χ1n) is 12.1. The van der Waals surface area contributed by atoms with Crippen LogP contribution in [0.4, 0.5) is 5.82 Å². The lowest BCUT2D eigenvalue weighted by atomic mass is 9.91. The number of H-pyrrole nitrogens is 1. The van der Waals surface area contributed by atoms with Crippen LogP contribution < -0.4 is 9.64 Å². The molecule has 0 spiro atoms. The number of ether oxygens (including phenoxy) is 1. The fraction of sp³-hybridized carbons (Fsp3) is 0.250. The number of imidazole rings is 1. The highest BCUT2D eigenvalue weighted by atomic mass is 16.5. The van der Waals surface area contributed by atoms with E-state index in [4.69, 9.17) is 9.72 Å². The van der Waals surface area contributed by atoms with E-state index in [1.165, 1.54) is 33.3 Å². The summed E-state index contributed by atoms with van der Waals surface area (Å²) in [6.45, 7) is 5.67. The number of benzene rings is 2. The highest BCUT2D eigenvalue weighted by Crippen LogP contribution is 2.41. The van der Waals surface area contributed by atoms with Crippen molar-refractivity contribution in [3.63, 3.8) is 0 Å². The maximum Gasteiger partial charge on any atom is 0.237 e. The molecular weight excluding hydrogens is 436 g/mol. The minimum Gasteiger partial charge on any atom is -0.493 e. The molecule has 174 valence electrons. The molecule has 5 aromatic rings. The van der Waals surface area contributed by atoms with Gasteiger partial charge in [-0.1, -0.05) is 24.3 Å². The fourth-order valence-electron chi connectivity index (χ4n) is 5.53. The third-order valence-electron chi connectivity index (χ3n) is 7.45. The van der Waals surface area contributed by atoms with Gasteiger partial charge in [-0.15, -0.1) is 0 Å². The van der Waals surface area contributed by atoms with Gasteiger partial charge in [0.15, 0.2) is 0 Å². The molecule has 1 N–H and O–H groups in total. The average Bonchev–Trinajstić information content (AvgIpc) is 3.60. The van der Waals surface area contributed by atoms with Crippen LogP contribution >= 0.6 is 0 Å². The number of para-hydroxylation sites is 1. The molecule has 5 heterocycles. The number of hydrogen-bond acceptors (Lipinski definition) is 5. The maximum atomic E-state index is 5.80. The summed E-state index contributed by atoms with van der Waals surface area (Å²) in [7, 11) is 0. The van der Waals surface area contributed by atoms with Crippen LogP contribution in [0.15, 0.2) is 61.1 Å². The van der Waals surface area contributed by atoms with Gasteiger partial charge >= 0.3 is 0 Å². The number of nitrogens with one attached hydrogen (secondary N) is 1. The Hall–Kier alpha value is -4.13. The molecule has 0 saturated heterocycles. The van der Waals surface area contributed by atoms with Gasteiger partial charge in [-0.2, -0.15) is 4.98 Å². The van der Waals surface area contributed by atoms with Gasteiger partial charge in [0.05, 0.1) is 18.3 Å². The number of rotatable bonds is 3. The standard InChI is InChI=1S/C28H26N6O/c1-17-18(2)34(16-30-17)28-29-12-9-25(32-28)33-13-10-22-21-5-3-4-6-23(21)31-26(22)27(33)20-7-8-24-19(15-20)11-14-35-24/h3-9,12,15-16,27,31H,10-11,13-14H2,1-2H3. The summed E-state index contributed by atoms with van der Waals surface area (Å²) >= 11 is 0. The summed E-state index contributed by atoms with van der Waals surface area (Å²) in [5.41, 5.74) is 8.38. The summed E-state index contributed by atoms with van der Waals surface area (Å²) in [4.78, 5) is 20.2. The lowest BCUT2D eigenvalue weighted by molar-refractivity contribution is 0.357. The first-order valence-corrected chi connectivity index (χ1v) is 12.1. The zero-order valence-electron chi connectivity index (χ0n) is 19.8. The molecule has 2 aromatic carbocycles. The Labute approximate surface area is 203 Å². The third kappa shape index (κ3) is 3.15. The molecule has 7 heteroatoms. The third-order valence-corrected chi connectivity index (χ3v) is 7.45. The van der Waals surface area contributed by atoms with Gasteiger partial charge in [0.25, 0.3) is 0 Å². The van der Waals surface area contributed by atoms with E-state index in [-0.39, 0.29) is 6.04 Å². The van der Waals surface area contributed by atoms with Crippen LogP contribution in [0, 0.1) is 13.8 Å². The second-order valence-electron chi connectivity index (χ2n) is 9.37. The minimum absolute atomic E-state index is 0.0189. The molecule has 0 fully saturated rings. The van der Waals surface area contributed by atoms with E-state index in [0.29, 0.717) is 5.95 Å². The van der Waals surface area contributed by atoms with Gasteiger partial charge in [0.1, 0.15) is 17.9 Å². The molecule has 0 saturated carbocycles. The Balaban J connectivity index is 1.39. The van der Waals surface area contributed by atoms with E-state index in [9.17, 15) is 0 Å². The maximum absolute atomic E-state index is 5.80. The molecule has 0 amide bonds. The molecule has 2 aliphatic heterocycles. The number of aromatic nitrogens is 5. The van der Waals surface area contributed by atoms with Gasteiger partial charge in [-0.3, -0.25) is 4.57 Å². The summed E-state index contributed by atoms with van der Waals surface area (Å²) in [6.07, 6.45) is 5.55. The second-order valence-corrected chi connectivity index (χ2v) is 9.37. The predicted octanol–water partition coefficient (Wildman–Crippen LogP) is 4.85. The first-order chi connectivity index (χ1) is 17.2. The Bertz CT molecular complexity index is 1580. The van der Waals surface area contributed by atoms with Crippen molar-refractivity contribution in [3.8, 4) is 11.7 Å². The Morgan fingerprint density at radius 1 is 1.03 bits per heavy atom. The topological polar surface area (TPSA) is 71.9 Å². The lowest BCUT2D eigenvalue weighted by Crippen LogP contribution is -2.37. The normalized spacial score (nSPS) is 16.9. The zero-order valence-corrected chi connectivity index (χ0v) is 19.8. The van der Waals surface area contributed by atoms with E-state index in [1.54, 1.807) is 6.33 Å². The zero-order chi connectivity index (χ0) is 23.5. The van der Waals surface area contributed by atoms with Gasteiger partial charge in [-0.05, 0) is 61.2 Å². The van der Waals surface area contributed by atoms with Crippen LogP contribution in [0.2, 0.25) is 0 Å². The molecule has 3 aromatic heterocycles. The number of hydrogen-bond donors (Lipinski definition) is 1. The SMILES string of the molecule is Cc1ncn(-c2nccc(N3CCc4c([nH]c5ccccc45)C3c3ccc4c(c3)CCO4)n2)c1C. The molecule has 2 aliphatic rings. The highest BCUT2D eigenvalue weighted by Gasteiger charge is 2.33. The lowest BCUT2D eigenvalue weighted by Gasteiger charge is -2.37. The highest BCUT2D eigenvalue weighted by molar-refractivity contribution is 5.86. The molecule has 0 radical (unpaired) electrons. The molecular formula is C28H26N6O. The summed E-state index contributed by atoms with van der Waals surface area (Å²) in [5, 5.41) is 1.31. The number of aromatic amines is 1. The Morgan fingerprint density at radius 2 is 1.94 bits per heavy atom. The Morgan fingerprint density at radius 3 is 2.83 bits per heavy atom. The summed E-state index contributed by atoms with van der Waals surface area (Å²) < 4.78 is 7.75. The van der Waals surface area contributed by atoms with Crippen molar-refractivity contribution in [2.75, 3.05) is 18.1 Å². The molecule has 35 heavy (non-hydrogen) atoms. The van der Waals surface area contributed by atoms with Crippen molar-refractivity contribution in [1.29, 1.82) is 0 Å². The summed E-state index contributed by atoms with van der Waals surface area (Å²) in [6, 6.07) is 17.3. The molecule has 7 rings (SSSR count). The van der Waals surface area contributed by atoms with E-state index < -0.39 is 0 Å². The van der Waals surface area contributed by atoms with Gasteiger partial charge in [0, 0.05) is 41.5 Å². The quantitative estimate of drug-likeness (QED) is 0.415. The molecule has 7 nitrogen and oxygen atoms in total.